The zero-order chi connectivity index (χ0) is 14.0. The van der Waals surface area contributed by atoms with Crippen molar-refractivity contribution in [2.75, 3.05) is 6.54 Å². The van der Waals surface area contributed by atoms with Crippen LogP contribution in [-0.2, 0) is 12.8 Å². The molecule has 1 aliphatic rings. The van der Waals surface area contributed by atoms with E-state index in [0.717, 1.165) is 37.3 Å². The Hall–Kier alpha value is -0.830. The number of carbonyl (C=O) groups excluding carboxylic acids is 1. The monoisotopic (exact) mass is 279 g/mol. The molecule has 2 nitrogen and oxygen atoms in total. The quantitative estimate of drug-likeness (QED) is 0.889. The minimum Gasteiger partial charge on any atom is -0.352 e. The molecular weight excluding hydrogens is 254 g/mol. The number of thiophene rings is 1. The normalized spacial score (nSPS) is 19.1. The molecule has 0 spiro atoms. The van der Waals surface area contributed by atoms with Gasteiger partial charge in [-0.25, -0.2) is 0 Å². The maximum absolute atomic E-state index is 12.1. The standard InChI is InChI=1S/C16H25NOS/c1-5-8-17-15(18)13-10-19-14-9-11(16(2,3)4)6-7-12(13)14/h10-11H,5-9H2,1-4H3,(H,17,18). The highest BCUT2D eigenvalue weighted by Gasteiger charge is 2.31. The van der Waals surface area contributed by atoms with Crippen molar-refractivity contribution in [1.82, 2.24) is 5.32 Å². The van der Waals surface area contributed by atoms with Crippen molar-refractivity contribution >= 4 is 17.2 Å². The molecule has 3 heteroatoms. The van der Waals surface area contributed by atoms with E-state index in [1.165, 1.54) is 16.9 Å². The van der Waals surface area contributed by atoms with Crippen LogP contribution < -0.4 is 5.32 Å². The van der Waals surface area contributed by atoms with Crippen LogP contribution in [0.1, 0.15) is 61.3 Å². The molecule has 1 heterocycles. The summed E-state index contributed by atoms with van der Waals surface area (Å²) in [6.45, 7) is 9.83. The molecule has 0 radical (unpaired) electrons. The van der Waals surface area contributed by atoms with Crippen LogP contribution in [0, 0.1) is 11.3 Å². The maximum Gasteiger partial charge on any atom is 0.252 e. The Kier molecular flexibility index (Phi) is 4.34. The molecule has 1 aliphatic carbocycles. The number of hydrogen-bond acceptors (Lipinski definition) is 2. The van der Waals surface area contributed by atoms with E-state index < -0.39 is 0 Å². The van der Waals surface area contributed by atoms with Crippen molar-refractivity contribution < 1.29 is 4.79 Å². The number of rotatable bonds is 3. The largest absolute Gasteiger partial charge is 0.352 e. The predicted molar refractivity (Wildman–Crippen MR) is 81.9 cm³/mol. The molecule has 106 valence electrons. The average Bonchev–Trinajstić information content (AvgIpc) is 2.77. The van der Waals surface area contributed by atoms with Gasteiger partial charge in [0.2, 0.25) is 0 Å². The van der Waals surface area contributed by atoms with Crippen molar-refractivity contribution in [3.63, 3.8) is 0 Å². The smallest absolute Gasteiger partial charge is 0.252 e. The molecule has 0 saturated carbocycles. The summed E-state index contributed by atoms with van der Waals surface area (Å²) in [7, 11) is 0. The van der Waals surface area contributed by atoms with Gasteiger partial charge in [0.1, 0.15) is 0 Å². The third kappa shape index (κ3) is 3.19. The average molecular weight is 279 g/mol. The molecule has 1 N–H and O–H groups in total. The van der Waals surface area contributed by atoms with Crippen molar-refractivity contribution in [2.45, 2.75) is 53.4 Å². The van der Waals surface area contributed by atoms with E-state index in [2.05, 4.69) is 38.4 Å². The Labute approximate surface area is 120 Å². The van der Waals surface area contributed by atoms with Crippen LogP contribution in [0.15, 0.2) is 5.38 Å². The van der Waals surface area contributed by atoms with Gasteiger partial charge in [0.15, 0.2) is 0 Å². The Morgan fingerprint density at radius 2 is 2.21 bits per heavy atom. The fourth-order valence-corrected chi connectivity index (χ4v) is 3.94. The van der Waals surface area contributed by atoms with E-state index in [1.54, 1.807) is 11.3 Å². The summed E-state index contributed by atoms with van der Waals surface area (Å²) in [4.78, 5) is 13.5. The van der Waals surface area contributed by atoms with Gasteiger partial charge >= 0.3 is 0 Å². The highest BCUT2D eigenvalue weighted by Crippen LogP contribution is 2.40. The topological polar surface area (TPSA) is 29.1 Å². The van der Waals surface area contributed by atoms with Gasteiger partial charge in [-0.1, -0.05) is 27.7 Å². The third-order valence-electron chi connectivity index (χ3n) is 4.16. The van der Waals surface area contributed by atoms with Gasteiger partial charge in [-0.2, -0.15) is 0 Å². The lowest BCUT2D eigenvalue weighted by molar-refractivity contribution is 0.0952. The zero-order valence-corrected chi connectivity index (χ0v) is 13.3. The van der Waals surface area contributed by atoms with Gasteiger partial charge in [0.05, 0.1) is 5.56 Å². The summed E-state index contributed by atoms with van der Waals surface area (Å²) >= 11 is 1.77. The Bertz CT molecular complexity index is 456. The summed E-state index contributed by atoms with van der Waals surface area (Å²) < 4.78 is 0. The van der Waals surface area contributed by atoms with E-state index in [-0.39, 0.29) is 5.91 Å². The molecule has 0 saturated heterocycles. The van der Waals surface area contributed by atoms with Gasteiger partial charge in [-0.05, 0) is 42.6 Å². The van der Waals surface area contributed by atoms with E-state index in [1.807, 2.05) is 0 Å². The molecule has 19 heavy (non-hydrogen) atoms. The summed E-state index contributed by atoms with van der Waals surface area (Å²) in [5.74, 6) is 0.860. The van der Waals surface area contributed by atoms with E-state index in [4.69, 9.17) is 0 Å². The second-order valence-electron chi connectivity index (χ2n) is 6.61. The minimum absolute atomic E-state index is 0.119. The third-order valence-corrected chi connectivity index (χ3v) is 5.21. The van der Waals surface area contributed by atoms with Crippen LogP contribution in [0.3, 0.4) is 0 Å². The van der Waals surface area contributed by atoms with Crippen LogP contribution in [0.5, 0.6) is 0 Å². The fourth-order valence-electron chi connectivity index (χ4n) is 2.78. The zero-order valence-electron chi connectivity index (χ0n) is 12.5. The van der Waals surface area contributed by atoms with E-state index >= 15 is 0 Å². The number of fused-ring (bicyclic) bond motifs is 1. The van der Waals surface area contributed by atoms with Crippen LogP contribution in [0.2, 0.25) is 0 Å². The Morgan fingerprint density at radius 1 is 1.47 bits per heavy atom. The van der Waals surface area contributed by atoms with Gasteiger partial charge in [-0.3, -0.25) is 4.79 Å². The molecule has 2 rings (SSSR count). The second kappa shape index (κ2) is 5.66. The SMILES string of the molecule is CCCNC(=O)c1csc2c1CCC(C(C)(C)C)C2. The number of nitrogens with one attached hydrogen (secondary N) is 1. The van der Waals surface area contributed by atoms with Crippen molar-refractivity contribution in [2.24, 2.45) is 11.3 Å². The highest BCUT2D eigenvalue weighted by atomic mass is 32.1. The molecule has 1 atom stereocenters. The fraction of sp³-hybridized carbons (Fsp3) is 0.688. The Balaban J connectivity index is 2.13. The van der Waals surface area contributed by atoms with Crippen LogP contribution in [-0.4, -0.2) is 12.5 Å². The second-order valence-corrected chi connectivity index (χ2v) is 7.58. The summed E-state index contributed by atoms with van der Waals surface area (Å²) in [6.07, 6.45) is 4.41. The number of carbonyl (C=O) groups is 1. The van der Waals surface area contributed by atoms with Crippen molar-refractivity contribution in [3.8, 4) is 0 Å². The van der Waals surface area contributed by atoms with Gasteiger partial charge < -0.3 is 5.32 Å². The lowest BCUT2D eigenvalue weighted by Crippen LogP contribution is -2.28. The summed E-state index contributed by atoms with van der Waals surface area (Å²) in [5.41, 5.74) is 2.62. The molecule has 0 aromatic carbocycles. The number of amides is 1. The van der Waals surface area contributed by atoms with E-state index in [0.29, 0.717) is 5.41 Å². The molecule has 1 aromatic heterocycles. The highest BCUT2D eigenvalue weighted by molar-refractivity contribution is 7.10. The molecule has 1 amide bonds. The maximum atomic E-state index is 12.1. The van der Waals surface area contributed by atoms with Gasteiger partial charge in [0, 0.05) is 16.8 Å². The lowest BCUT2D eigenvalue weighted by Gasteiger charge is -2.34. The minimum atomic E-state index is 0.119. The molecule has 0 bridgehead atoms. The first kappa shape index (κ1) is 14.6. The van der Waals surface area contributed by atoms with Crippen LogP contribution in [0.4, 0.5) is 0 Å². The van der Waals surface area contributed by atoms with Gasteiger partial charge in [-0.15, -0.1) is 11.3 Å². The predicted octanol–water partition coefficient (Wildman–Crippen LogP) is 4.04. The molecule has 1 unspecified atom stereocenters. The van der Waals surface area contributed by atoms with Gasteiger partial charge in [0.25, 0.3) is 5.91 Å². The first-order valence-corrected chi connectivity index (χ1v) is 8.19. The lowest BCUT2D eigenvalue weighted by atomic mass is 9.72. The first-order chi connectivity index (χ1) is 8.93. The molecule has 0 fully saturated rings. The van der Waals surface area contributed by atoms with Crippen LogP contribution in [0.25, 0.3) is 0 Å². The van der Waals surface area contributed by atoms with Crippen LogP contribution >= 0.6 is 11.3 Å². The molecular formula is C16H25NOS. The molecule has 0 aliphatic heterocycles. The number of hydrogen-bond donors (Lipinski definition) is 1. The summed E-state index contributed by atoms with van der Waals surface area (Å²) in [6, 6.07) is 0. The first-order valence-electron chi connectivity index (χ1n) is 7.31. The molecule has 1 aromatic rings. The van der Waals surface area contributed by atoms with Crippen molar-refractivity contribution in [3.05, 3.63) is 21.4 Å². The summed E-state index contributed by atoms with van der Waals surface area (Å²) in [5, 5.41) is 5.05. The van der Waals surface area contributed by atoms with Crippen molar-refractivity contribution in [1.29, 1.82) is 0 Å². The Morgan fingerprint density at radius 3 is 2.84 bits per heavy atom. The van der Waals surface area contributed by atoms with E-state index in [9.17, 15) is 4.79 Å².